The lowest BCUT2D eigenvalue weighted by Gasteiger charge is -2.27. The van der Waals surface area contributed by atoms with Crippen molar-refractivity contribution in [1.82, 2.24) is 0 Å². The van der Waals surface area contributed by atoms with Crippen molar-refractivity contribution in [2.75, 3.05) is 4.90 Å². The molecule has 0 unspecified atom stereocenters. The van der Waals surface area contributed by atoms with Crippen LogP contribution in [0.25, 0.3) is 88.0 Å². The van der Waals surface area contributed by atoms with Gasteiger partial charge in [0.15, 0.2) is 5.58 Å². The highest BCUT2D eigenvalue weighted by Crippen LogP contribution is 2.46. The number of hydrogen-bond acceptors (Lipinski definition) is 3. The number of para-hydroxylation sites is 2. The Kier molecular flexibility index (Phi) is 7.17. The molecule has 0 aliphatic carbocycles. The molecule has 0 radical (unpaired) electrons. The van der Waals surface area contributed by atoms with Gasteiger partial charge in [-0.1, -0.05) is 140 Å². The lowest BCUT2D eigenvalue weighted by molar-refractivity contribution is 0.669. The van der Waals surface area contributed by atoms with Gasteiger partial charge in [0.05, 0.1) is 5.69 Å². The predicted octanol–water partition coefficient (Wildman–Crippen LogP) is 15.1. The molecule has 2 aromatic heterocycles. The number of rotatable bonds is 6. The summed E-state index contributed by atoms with van der Waals surface area (Å²) in [5, 5.41) is 6.71. The van der Waals surface area contributed by atoms with Crippen molar-refractivity contribution < 1.29 is 8.83 Å². The second kappa shape index (κ2) is 12.6. The van der Waals surface area contributed by atoms with Gasteiger partial charge in [0.2, 0.25) is 0 Å². The average molecular weight is 704 g/mol. The number of anilines is 3. The van der Waals surface area contributed by atoms with E-state index in [0.29, 0.717) is 0 Å². The van der Waals surface area contributed by atoms with Crippen LogP contribution >= 0.6 is 0 Å². The Hall–Kier alpha value is -7.36. The van der Waals surface area contributed by atoms with Crippen molar-refractivity contribution in [2.45, 2.75) is 0 Å². The fraction of sp³-hybridized carbons (Fsp3) is 0. The van der Waals surface area contributed by atoms with Crippen molar-refractivity contribution in [3.63, 3.8) is 0 Å². The minimum Gasteiger partial charge on any atom is -0.456 e. The van der Waals surface area contributed by atoms with E-state index in [0.717, 1.165) is 105 Å². The van der Waals surface area contributed by atoms with Crippen LogP contribution in [0, 0.1) is 0 Å². The van der Waals surface area contributed by atoms with E-state index in [1.807, 2.05) is 12.1 Å². The molecule has 0 bridgehead atoms. The first-order chi connectivity index (χ1) is 27.2. The normalized spacial score (nSPS) is 11.6. The van der Waals surface area contributed by atoms with Gasteiger partial charge in [0.25, 0.3) is 0 Å². The maximum Gasteiger partial charge on any atom is 0.159 e. The Labute approximate surface area is 317 Å². The molecule has 0 atom stereocenters. The summed E-state index contributed by atoms with van der Waals surface area (Å²) in [6.07, 6.45) is 0. The first kappa shape index (κ1) is 31.2. The van der Waals surface area contributed by atoms with Gasteiger partial charge in [0.1, 0.15) is 16.7 Å². The molecule has 258 valence electrons. The lowest BCUT2D eigenvalue weighted by atomic mass is 9.97. The Balaban J connectivity index is 1.13. The topological polar surface area (TPSA) is 29.5 Å². The molecule has 55 heavy (non-hydrogen) atoms. The predicted molar refractivity (Wildman–Crippen MR) is 229 cm³/mol. The van der Waals surface area contributed by atoms with Gasteiger partial charge < -0.3 is 13.7 Å². The molecule has 9 aromatic carbocycles. The summed E-state index contributed by atoms with van der Waals surface area (Å²) in [6, 6.07) is 71.0. The SMILES string of the molecule is c1ccc(-c2cc(-c3ccccc3)cc(N(c3ccc(-c4ccc5oc6ccccc6c5c4)cc3)c3cccc4c3oc3c5ccccc5ccc43)c2)cc1. The standard InChI is InChI=1S/C52H33NO2/c1-3-12-34(13-4-1)39-30-40(35-14-5-2-6-15-35)32-42(31-39)53(48-20-11-19-45-46-28-24-37-16-7-8-17-43(37)51(46)55-52(45)48)41-26-22-36(23-27-41)38-25-29-50-47(33-38)44-18-9-10-21-49(44)54-50/h1-33H. The quantitative estimate of drug-likeness (QED) is 0.173. The van der Waals surface area contributed by atoms with Crippen LogP contribution in [-0.4, -0.2) is 0 Å². The molecular formula is C52H33NO2. The van der Waals surface area contributed by atoms with Gasteiger partial charge in [0, 0.05) is 38.3 Å². The molecule has 3 nitrogen and oxygen atoms in total. The highest BCUT2D eigenvalue weighted by molar-refractivity contribution is 6.17. The summed E-state index contributed by atoms with van der Waals surface area (Å²) in [4.78, 5) is 2.35. The van der Waals surface area contributed by atoms with Crippen molar-refractivity contribution in [3.05, 3.63) is 200 Å². The van der Waals surface area contributed by atoms with Crippen LogP contribution in [0.4, 0.5) is 17.1 Å². The molecule has 11 rings (SSSR count). The maximum absolute atomic E-state index is 6.96. The van der Waals surface area contributed by atoms with Crippen LogP contribution in [0.3, 0.4) is 0 Å². The largest absolute Gasteiger partial charge is 0.456 e. The Morgan fingerprint density at radius 3 is 1.65 bits per heavy atom. The zero-order valence-corrected chi connectivity index (χ0v) is 29.8. The average Bonchev–Trinajstić information content (AvgIpc) is 3.84. The van der Waals surface area contributed by atoms with Crippen molar-refractivity contribution >= 4 is 71.7 Å². The minimum absolute atomic E-state index is 0.849. The van der Waals surface area contributed by atoms with E-state index in [-0.39, 0.29) is 0 Å². The van der Waals surface area contributed by atoms with E-state index >= 15 is 0 Å². The third-order valence-corrected chi connectivity index (χ3v) is 10.8. The Bertz CT molecular complexity index is 3140. The van der Waals surface area contributed by atoms with E-state index in [1.165, 1.54) is 0 Å². The summed E-state index contributed by atoms with van der Waals surface area (Å²) in [5.74, 6) is 0. The molecule has 0 fully saturated rings. The van der Waals surface area contributed by atoms with Crippen LogP contribution in [0.15, 0.2) is 209 Å². The molecule has 0 N–H and O–H groups in total. The number of fused-ring (bicyclic) bond motifs is 8. The summed E-state index contributed by atoms with van der Waals surface area (Å²) in [6.45, 7) is 0. The highest BCUT2D eigenvalue weighted by atomic mass is 16.3. The molecule has 2 heterocycles. The zero-order chi connectivity index (χ0) is 36.3. The number of hydrogen-bond donors (Lipinski definition) is 0. The van der Waals surface area contributed by atoms with Crippen molar-refractivity contribution in [2.24, 2.45) is 0 Å². The van der Waals surface area contributed by atoms with E-state index in [2.05, 4.69) is 193 Å². The summed E-state index contributed by atoms with van der Waals surface area (Å²) < 4.78 is 13.1. The monoisotopic (exact) mass is 703 g/mol. The molecule has 0 saturated carbocycles. The smallest absolute Gasteiger partial charge is 0.159 e. The first-order valence-electron chi connectivity index (χ1n) is 18.7. The molecule has 11 aromatic rings. The molecule has 0 aliphatic heterocycles. The minimum atomic E-state index is 0.849. The maximum atomic E-state index is 6.96. The van der Waals surface area contributed by atoms with Crippen LogP contribution in [0.1, 0.15) is 0 Å². The molecule has 0 aliphatic rings. The Morgan fingerprint density at radius 1 is 0.291 bits per heavy atom. The summed E-state index contributed by atoms with van der Waals surface area (Å²) in [5.41, 5.74) is 13.5. The van der Waals surface area contributed by atoms with Gasteiger partial charge in [-0.15, -0.1) is 0 Å². The van der Waals surface area contributed by atoms with Gasteiger partial charge >= 0.3 is 0 Å². The molecule has 0 spiro atoms. The van der Waals surface area contributed by atoms with Crippen LogP contribution in [0.5, 0.6) is 0 Å². The Morgan fingerprint density at radius 2 is 0.891 bits per heavy atom. The van der Waals surface area contributed by atoms with Crippen LogP contribution < -0.4 is 4.90 Å². The second-order valence-corrected chi connectivity index (χ2v) is 14.1. The molecular weight excluding hydrogens is 671 g/mol. The summed E-state index contributed by atoms with van der Waals surface area (Å²) >= 11 is 0. The van der Waals surface area contributed by atoms with Gasteiger partial charge in [-0.3, -0.25) is 0 Å². The van der Waals surface area contributed by atoms with Gasteiger partial charge in [-0.2, -0.15) is 0 Å². The van der Waals surface area contributed by atoms with Crippen LogP contribution in [0.2, 0.25) is 0 Å². The van der Waals surface area contributed by atoms with E-state index < -0.39 is 0 Å². The van der Waals surface area contributed by atoms with Gasteiger partial charge in [-0.25, -0.2) is 0 Å². The zero-order valence-electron chi connectivity index (χ0n) is 29.8. The third kappa shape index (κ3) is 5.28. The fourth-order valence-electron chi connectivity index (χ4n) is 8.16. The number of benzene rings is 9. The van der Waals surface area contributed by atoms with E-state index in [4.69, 9.17) is 8.83 Å². The fourth-order valence-corrected chi connectivity index (χ4v) is 8.16. The van der Waals surface area contributed by atoms with Crippen LogP contribution in [-0.2, 0) is 0 Å². The van der Waals surface area contributed by atoms with Crippen molar-refractivity contribution in [1.29, 1.82) is 0 Å². The lowest BCUT2D eigenvalue weighted by Crippen LogP contribution is -2.10. The van der Waals surface area contributed by atoms with E-state index in [1.54, 1.807) is 0 Å². The van der Waals surface area contributed by atoms with Crippen molar-refractivity contribution in [3.8, 4) is 33.4 Å². The second-order valence-electron chi connectivity index (χ2n) is 14.1. The van der Waals surface area contributed by atoms with Gasteiger partial charge in [-0.05, 0) is 99.4 Å². The molecule has 3 heteroatoms. The number of nitrogens with zero attached hydrogens (tertiary/aromatic N) is 1. The first-order valence-corrected chi connectivity index (χ1v) is 18.7. The third-order valence-electron chi connectivity index (χ3n) is 10.8. The number of furan rings is 2. The van der Waals surface area contributed by atoms with E-state index in [9.17, 15) is 0 Å². The molecule has 0 saturated heterocycles. The molecule has 0 amide bonds. The highest BCUT2D eigenvalue weighted by Gasteiger charge is 2.22. The summed E-state index contributed by atoms with van der Waals surface area (Å²) in [7, 11) is 0.